The number of ether oxygens (including phenoxy) is 1. The smallest absolute Gasteiger partial charge is 0.349 e. The lowest BCUT2D eigenvalue weighted by Crippen LogP contribution is -2.45. The van der Waals surface area contributed by atoms with Crippen LogP contribution in [0.5, 0.6) is 5.75 Å². The molecule has 4 rings (SSSR count). The fraction of sp³-hybridized carbons (Fsp3) is 0.296. The Balaban J connectivity index is 1.63. The van der Waals surface area contributed by atoms with Gasteiger partial charge in [0.25, 0.3) is 0 Å². The van der Waals surface area contributed by atoms with Crippen LogP contribution in [-0.2, 0) is 9.59 Å². The number of carbonyl (C=O) groups excluding carboxylic acids is 1. The molecule has 200 valence electrons. The number of anilines is 2. The van der Waals surface area contributed by atoms with Crippen molar-refractivity contribution in [1.29, 1.82) is 0 Å². The molecule has 0 radical (unpaired) electrons. The Hall–Kier alpha value is -3.60. The Labute approximate surface area is 228 Å². The predicted octanol–water partition coefficient (Wildman–Crippen LogP) is 4.96. The monoisotopic (exact) mass is 557 g/mol. The minimum Gasteiger partial charge on any atom is -0.479 e. The number of amides is 1. The van der Waals surface area contributed by atoms with Crippen LogP contribution in [0.25, 0.3) is 10.4 Å². The number of carboxylic acids is 2. The SMILES string of the molecule is Cc1ccccc1NC(=O)C(Nc1cccc(-c2sc(C(=O)O)c(OCC(=O)O)c2Cl)c1)C1CCNCC1. The number of piperidine rings is 1. The summed E-state index contributed by atoms with van der Waals surface area (Å²) in [5, 5.41) is 28.4. The average Bonchev–Trinajstić information content (AvgIpc) is 3.24. The van der Waals surface area contributed by atoms with Gasteiger partial charge in [-0.15, -0.1) is 11.3 Å². The molecule has 2 aromatic carbocycles. The van der Waals surface area contributed by atoms with E-state index in [4.69, 9.17) is 21.4 Å². The fourth-order valence-corrected chi connectivity index (χ4v) is 5.82. The van der Waals surface area contributed by atoms with Gasteiger partial charge in [-0.3, -0.25) is 4.79 Å². The topological polar surface area (TPSA) is 137 Å². The number of thiophene rings is 1. The van der Waals surface area contributed by atoms with Gasteiger partial charge in [0, 0.05) is 11.4 Å². The number of benzene rings is 2. The lowest BCUT2D eigenvalue weighted by molar-refractivity contribution is -0.139. The summed E-state index contributed by atoms with van der Waals surface area (Å²) in [6.45, 7) is 2.87. The first-order chi connectivity index (χ1) is 18.2. The van der Waals surface area contributed by atoms with E-state index in [-0.39, 0.29) is 27.5 Å². The van der Waals surface area contributed by atoms with E-state index < -0.39 is 24.6 Å². The molecule has 1 atom stereocenters. The highest BCUT2D eigenvalue weighted by Gasteiger charge is 2.30. The molecule has 38 heavy (non-hydrogen) atoms. The van der Waals surface area contributed by atoms with E-state index in [9.17, 15) is 19.5 Å². The van der Waals surface area contributed by atoms with Crippen molar-refractivity contribution in [3.63, 3.8) is 0 Å². The van der Waals surface area contributed by atoms with Crippen molar-refractivity contribution < 1.29 is 29.3 Å². The molecule has 0 aliphatic carbocycles. The van der Waals surface area contributed by atoms with Crippen molar-refractivity contribution in [3.05, 3.63) is 64.0 Å². The van der Waals surface area contributed by atoms with Crippen LogP contribution >= 0.6 is 22.9 Å². The molecule has 3 aromatic rings. The zero-order valence-corrected chi connectivity index (χ0v) is 22.2. The summed E-state index contributed by atoms with van der Waals surface area (Å²) in [4.78, 5) is 36.4. The molecule has 1 aliphatic rings. The third kappa shape index (κ3) is 6.45. The van der Waals surface area contributed by atoms with Crippen molar-refractivity contribution in [1.82, 2.24) is 5.32 Å². The normalized spacial score (nSPS) is 14.5. The van der Waals surface area contributed by atoms with E-state index >= 15 is 0 Å². The molecular weight excluding hydrogens is 530 g/mol. The molecule has 1 saturated heterocycles. The van der Waals surface area contributed by atoms with Crippen LogP contribution in [0.3, 0.4) is 0 Å². The molecule has 1 aliphatic heterocycles. The predicted molar refractivity (Wildman–Crippen MR) is 148 cm³/mol. The number of aliphatic carboxylic acids is 1. The largest absolute Gasteiger partial charge is 0.479 e. The van der Waals surface area contributed by atoms with E-state index in [0.29, 0.717) is 16.1 Å². The van der Waals surface area contributed by atoms with Gasteiger partial charge < -0.3 is 30.9 Å². The van der Waals surface area contributed by atoms with Crippen molar-refractivity contribution in [2.45, 2.75) is 25.8 Å². The van der Waals surface area contributed by atoms with Crippen LogP contribution in [-0.4, -0.2) is 53.8 Å². The number of aryl methyl sites for hydroxylation is 1. The Kier molecular flexibility index (Phi) is 8.88. The van der Waals surface area contributed by atoms with Crippen LogP contribution in [0, 0.1) is 12.8 Å². The van der Waals surface area contributed by atoms with Gasteiger partial charge >= 0.3 is 11.9 Å². The molecule has 0 bridgehead atoms. The lowest BCUT2D eigenvalue weighted by Gasteiger charge is -2.31. The summed E-state index contributed by atoms with van der Waals surface area (Å²) in [6.07, 6.45) is 1.67. The number of carboxylic acid groups (broad SMARTS) is 2. The molecule has 11 heteroatoms. The Morgan fingerprint density at radius 2 is 1.87 bits per heavy atom. The highest BCUT2D eigenvalue weighted by atomic mass is 35.5. The molecule has 1 aromatic heterocycles. The van der Waals surface area contributed by atoms with Gasteiger partial charge in [-0.2, -0.15) is 0 Å². The summed E-state index contributed by atoms with van der Waals surface area (Å²) in [6, 6.07) is 14.3. The van der Waals surface area contributed by atoms with Gasteiger partial charge in [0.15, 0.2) is 17.2 Å². The Bertz CT molecular complexity index is 1340. The van der Waals surface area contributed by atoms with E-state index in [1.54, 1.807) is 18.2 Å². The Morgan fingerprint density at radius 1 is 1.13 bits per heavy atom. The average molecular weight is 558 g/mol. The summed E-state index contributed by atoms with van der Waals surface area (Å²) in [5.41, 5.74) is 3.00. The maximum Gasteiger partial charge on any atom is 0.349 e. The maximum atomic E-state index is 13.5. The second-order valence-corrected chi connectivity index (χ2v) is 10.4. The second kappa shape index (κ2) is 12.3. The van der Waals surface area contributed by atoms with Gasteiger partial charge in [0.1, 0.15) is 11.1 Å². The van der Waals surface area contributed by atoms with E-state index in [1.165, 1.54) is 0 Å². The summed E-state index contributed by atoms with van der Waals surface area (Å²) in [5.74, 6) is -2.72. The van der Waals surface area contributed by atoms with E-state index in [0.717, 1.165) is 48.5 Å². The Morgan fingerprint density at radius 3 is 2.55 bits per heavy atom. The van der Waals surface area contributed by atoms with Crippen LogP contribution in [0.15, 0.2) is 48.5 Å². The van der Waals surface area contributed by atoms with Gasteiger partial charge in [0.2, 0.25) is 5.91 Å². The van der Waals surface area contributed by atoms with Gasteiger partial charge in [-0.1, -0.05) is 41.9 Å². The minimum atomic E-state index is -1.27. The molecule has 9 nitrogen and oxygen atoms in total. The highest BCUT2D eigenvalue weighted by molar-refractivity contribution is 7.18. The maximum absolute atomic E-state index is 13.5. The third-order valence-corrected chi connectivity index (χ3v) is 8.01. The van der Waals surface area contributed by atoms with Crippen molar-refractivity contribution >= 4 is 52.2 Å². The van der Waals surface area contributed by atoms with Gasteiger partial charge in [0.05, 0.1) is 4.88 Å². The molecular formula is C27H28ClN3O6S. The quantitative estimate of drug-likeness (QED) is 0.236. The molecule has 0 saturated carbocycles. The number of aromatic carboxylic acids is 1. The standard InChI is InChI=1S/C27H28ClN3O6S/c1-15-5-2-3-8-19(15)31-26(34)22(16-9-11-29-12-10-16)30-18-7-4-6-17(13-18)24-21(28)23(37-14-20(32)33)25(38-24)27(35)36/h2-8,13,16,22,29-30H,9-12,14H2,1H3,(H,31,34)(H,32,33)(H,35,36). The second-order valence-electron chi connectivity index (χ2n) is 8.99. The van der Waals surface area contributed by atoms with Gasteiger partial charge in [-0.05, 0) is 68.1 Å². The van der Waals surface area contributed by atoms with Crippen LogP contribution in [0.1, 0.15) is 28.1 Å². The summed E-state index contributed by atoms with van der Waals surface area (Å²) < 4.78 is 5.19. The van der Waals surface area contributed by atoms with Crippen molar-refractivity contribution in [2.24, 2.45) is 5.92 Å². The van der Waals surface area contributed by atoms with Crippen molar-refractivity contribution in [2.75, 3.05) is 30.3 Å². The number of rotatable bonds is 10. The van der Waals surface area contributed by atoms with Gasteiger partial charge in [-0.25, -0.2) is 9.59 Å². The molecule has 0 spiro atoms. The lowest BCUT2D eigenvalue weighted by atomic mass is 9.89. The molecule has 2 heterocycles. The molecule has 1 unspecified atom stereocenters. The van der Waals surface area contributed by atoms with Crippen LogP contribution in [0.2, 0.25) is 5.02 Å². The zero-order chi connectivity index (χ0) is 27.2. The number of nitrogens with one attached hydrogen (secondary N) is 3. The number of para-hydroxylation sites is 1. The first kappa shape index (κ1) is 27.4. The van der Waals surface area contributed by atoms with Crippen LogP contribution < -0.4 is 20.7 Å². The first-order valence-corrected chi connectivity index (χ1v) is 13.3. The third-order valence-electron chi connectivity index (χ3n) is 6.33. The number of carbonyl (C=O) groups is 3. The molecule has 1 fully saturated rings. The minimum absolute atomic E-state index is 0.0259. The molecule has 5 N–H and O–H groups in total. The first-order valence-electron chi connectivity index (χ1n) is 12.1. The van der Waals surface area contributed by atoms with E-state index in [1.807, 2.05) is 37.3 Å². The number of hydrogen-bond acceptors (Lipinski definition) is 7. The molecule has 1 amide bonds. The zero-order valence-electron chi connectivity index (χ0n) is 20.6. The summed E-state index contributed by atoms with van der Waals surface area (Å²) in [7, 11) is 0. The fourth-order valence-electron chi connectivity index (χ4n) is 4.41. The van der Waals surface area contributed by atoms with Crippen LogP contribution in [0.4, 0.5) is 11.4 Å². The number of halogens is 1. The summed E-state index contributed by atoms with van der Waals surface area (Å²) >= 11 is 7.36. The van der Waals surface area contributed by atoms with Crippen molar-refractivity contribution in [3.8, 4) is 16.2 Å². The number of hydrogen-bond donors (Lipinski definition) is 5. The van der Waals surface area contributed by atoms with E-state index in [2.05, 4.69) is 16.0 Å². The highest BCUT2D eigenvalue weighted by Crippen LogP contribution is 2.46.